The Bertz CT molecular complexity index is 737. The van der Waals surface area contributed by atoms with Crippen LogP contribution >= 0.6 is 0 Å². The van der Waals surface area contributed by atoms with Crippen molar-refractivity contribution in [3.63, 3.8) is 0 Å². The molecule has 4 heterocycles. The van der Waals surface area contributed by atoms with E-state index in [-0.39, 0.29) is 29.1 Å². The van der Waals surface area contributed by atoms with E-state index in [1.807, 2.05) is 4.90 Å². The Balaban J connectivity index is 1.48. The maximum Gasteiger partial charge on any atom is 0.273 e. The zero-order chi connectivity index (χ0) is 18.1. The minimum Gasteiger partial charge on any atom is -0.381 e. The van der Waals surface area contributed by atoms with Crippen LogP contribution in [-0.4, -0.2) is 70.5 Å². The molecule has 3 saturated heterocycles. The summed E-state index contributed by atoms with van der Waals surface area (Å²) < 4.78 is 5.43. The molecule has 3 aliphatic rings. The highest BCUT2D eigenvalue weighted by Gasteiger charge is 2.50. The van der Waals surface area contributed by atoms with Crippen LogP contribution < -0.4 is 5.56 Å². The van der Waals surface area contributed by atoms with Gasteiger partial charge in [-0.25, -0.2) is 4.98 Å². The Hall–Kier alpha value is -2.22. The number of amides is 2. The van der Waals surface area contributed by atoms with Gasteiger partial charge in [-0.05, 0) is 32.1 Å². The van der Waals surface area contributed by atoms with Gasteiger partial charge >= 0.3 is 0 Å². The van der Waals surface area contributed by atoms with Crippen LogP contribution in [0, 0.1) is 5.41 Å². The molecule has 1 unspecified atom stereocenters. The SMILES string of the molecule is O=C(c1c[nH]c(=O)cn1)N1CCC2(CCCN(C3CCOCC3)C2=O)C1. The van der Waals surface area contributed by atoms with E-state index in [4.69, 9.17) is 4.74 Å². The minimum atomic E-state index is -0.464. The van der Waals surface area contributed by atoms with Crippen molar-refractivity contribution in [2.24, 2.45) is 5.41 Å². The second kappa shape index (κ2) is 6.83. The first-order valence-electron chi connectivity index (χ1n) is 9.32. The number of nitrogens with one attached hydrogen (secondary N) is 1. The third kappa shape index (κ3) is 3.02. The van der Waals surface area contributed by atoms with Crippen LogP contribution in [0.25, 0.3) is 0 Å². The van der Waals surface area contributed by atoms with Gasteiger partial charge in [0, 0.05) is 45.1 Å². The van der Waals surface area contributed by atoms with Crippen molar-refractivity contribution in [1.29, 1.82) is 0 Å². The number of rotatable bonds is 2. The van der Waals surface area contributed by atoms with Gasteiger partial charge in [0.25, 0.3) is 11.5 Å². The van der Waals surface area contributed by atoms with Gasteiger partial charge in [0.2, 0.25) is 5.91 Å². The van der Waals surface area contributed by atoms with Gasteiger partial charge in [0.05, 0.1) is 11.6 Å². The number of ether oxygens (including phenoxy) is 1. The van der Waals surface area contributed by atoms with Crippen LogP contribution in [0.4, 0.5) is 0 Å². The zero-order valence-corrected chi connectivity index (χ0v) is 14.8. The van der Waals surface area contributed by atoms with Crippen molar-refractivity contribution < 1.29 is 14.3 Å². The normalized spacial score (nSPS) is 27.3. The van der Waals surface area contributed by atoms with Gasteiger partial charge in [0.15, 0.2) is 0 Å². The lowest BCUT2D eigenvalue weighted by molar-refractivity contribution is -0.150. The molecule has 1 aromatic heterocycles. The van der Waals surface area contributed by atoms with Crippen molar-refractivity contribution in [3.05, 3.63) is 28.4 Å². The molecule has 3 aliphatic heterocycles. The lowest BCUT2D eigenvalue weighted by atomic mass is 9.77. The van der Waals surface area contributed by atoms with Crippen molar-refractivity contribution in [2.75, 3.05) is 32.8 Å². The van der Waals surface area contributed by atoms with Crippen LogP contribution in [-0.2, 0) is 9.53 Å². The molecule has 1 N–H and O–H groups in total. The van der Waals surface area contributed by atoms with Crippen molar-refractivity contribution in [2.45, 2.75) is 38.1 Å². The van der Waals surface area contributed by atoms with Crippen LogP contribution in [0.15, 0.2) is 17.2 Å². The van der Waals surface area contributed by atoms with E-state index in [0.717, 1.165) is 38.4 Å². The van der Waals surface area contributed by atoms with Gasteiger partial charge in [-0.2, -0.15) is 0 Å². The molecule has 1 aromatic rings. The van der Waals surface area contributed by atoms with E-state index in [0.29, 0.717) is 32.7 Å². The zero-order valence-electron chi connectivity index (χ0n) is 14.8. The third-order valence-electron chi connectivity index (χ3n) is 5.93. The molecular formula is C18H24N4O4. The maximum atomic E-state index is 13.3. The summed E-state index contributed by atoms with van der Waals surface area (Å²) in [7, 11) is 0. The maximum absolute atomic E-state index is 13.3. The van der Waals surface area contributed by atoms with E-state index in [1.54, 1.807) is 4.90 Å². The topological polar surface area (TPSA) is 95.6 Å². The van der Waals surface area contributed by atoms with Gasteiger partial charge < -0.3 is 19.5 Å². The van der Waals surface area contributed by atoms with Crippen molar-refractivity contribution >= 4 is 11.8 Å². The van der Waals surface area contributed by atoms with Crippen LogP contribution in [0.2, 0.25) is 0 Å². The number of aromatic amines is 1. The van der Waals surface area contributed by atoms with Gasteiger partial charge in [-0.15, -0.1) is 0 Å². The van der Waals surface area contributed by atoms with E-state index < -0.39 is 5.41 Å². The summed E-state index contributed by atoms with van der Waals surface area (Å²) in [6.45, 7) is 3.22. The summed E-state index contributed by atoms with van der Waals surface area (Å²) in [4.78, 5) is 47.2. The molecule has 0 aliphatic carbocycles. The van der Waals surface area contributed by atoms with Crippen LogP contribution in [0.1, 0.15) is 42.6 Å². The number of hydrogen-bond acceptors (Lipinski definition) is 5. The highest BCUT2D eigenvalue weighted by molar-refractivity contribution is 5.93. The molecule has 2 amide bonds. The monoisotopic (exact) mass is 360 g/mol. The number of piperidine rings is 1. The van der Waals surface area contributed by atoms with Crippen molar-refractivity contribution in [3.8, 4) is 0 Å². The number of carbonyl (C=O) groups is 2. The fourth-order valence-corrected chi connectivity index (χ4v) is 4.49. The molecule has 140 valence electrons. The molecule has 3 fully saturated rings. The summed E-state index contributed by atoms with van der Waals surface area (Å²) in [5.41, 5.74) is -0.589. The predicted molar refractivity (Wildman–Crippen MR) is 92.6 cm³/mol. The average Bonchev–Trinajstić information content (AvgIpc) is 3.10. The summed E-state index contributed by atoms with van der Waals surface area (Å²) in [5.74, 6) is -0.0329. The molecule has 8 heteroatoms. The molecule has 8 nitrogen and oxygen atoms in total. The number of likely N-dealkylation sites (tertiary alicyclic amines) is 2. The van der Waals surface area contributed by atoms with Crippen molar-refractivity contribution in [1.82, 2.24) is 19.8 Å². The Morgan fingerprint density at radius 3 is 2.77 bits per heavy atom. The number of nitrogens with zero attached hydrogens (tertiary/aromatic N) is 3. The predicted octanol–water partition coefficient (Wildman–Crippen LogP) is 0.404. The molecule has 0 aromatic carbocycles. The Kier molecular flexibility index (Phi) is 4.52. The number of carbonyl (C=O) groups excluding carboxylic acids is 2. The Morgan fingerprint density at radius 1 is 1.23 bits per heavy atom. The molecule has 1 atom stereocenters. The fourth-order valence-electron chi connectivity index (χ4n) is 4.49. The summed E-state index contributed by atoms with van der Waals surface area (Å²) >= 11 is 0. The van der Waals surface area contributed by atoms with Gasteiger partial charge in [-0.3, -0.25) is 14.4 Å². The lowest BCUT2D eigenvalue weighted by Gasteiger charge is -2.44. The second-order valence-electron chi connectivity index (χ2n) is 7.50. The van der Waals surface area contributed by atoms with Gasteiger partial charge in [-0.1, -0.05) is 0 Å². The number of aromatic nitrogens is 2. The smallest absolute Gasteiger partial charge is 0.273 e. The standard InChI is InChI=1S/C18H24N4O4/c23-15-11-19-14(10-20-15)16(24)21-7-5-18(12-21)4-1-6-22(17(18)25)13-2-8-26-9-3-13/h10-11,13H,1-9,12H2,(H,20,23). The first-order chi connectivity index (χ1) is 12.6. The Morgan fingerprint density at radius 2 is 2.04 bits per heavy atom. The second-order valence-corrected chi connectivity index (χ2v) is 7.50. The molecule has 1 spiro atoms. The number of hydrogen-bond donors (Lipinski definition) is 1. The molecule has 0 radical (unpaired) electrons. The molecule has 4 rings (SSSR count). The first kappa shape index (κ1) is 17.2. The first-order valence-corrected chi connectivity index (χ1v) is 9.32. The minimum absolute atomic E-state index is 0.195. The van der Waals surface area contributed by atoms with E-state index in [1.165, 1.54) is 6.20 Å². The lowest BCUT2D eigenvalue weighted by Crippen LogP contribution is -2.55. The third-order valence-corrected chi connectivity index (χ3v) is 5.93. The van der Waals surface area contributed by atoms with E-state index in [9.17, 15) is 14.4 Å². The van der Waals surface area contributed by atoms with E-state index >= 15 is 0 Å². The summed E-state index contributed by atoms with van der Waals surface area (Å²) in [6, 6.07) is 0.263. The molecule has 0 bridgehead atoms. The van der Waals surface area contributed by atoms with Crippen LogP contribution in [0.5, 0.6) is 0 Å². The summed E-state index contributed by atoms with van der Waals surface area (Å²) in [6.07, 6.45) is 6.74. The largest absolute Gasteiger partial charge is 0.381 e. The van der Waals surface area contributed by atoms with E-state index in [2.05, 4.69) is 9.97 Å². The van der Waals surface area contributed by atoms with Crippen LogP contribution in [0.3, 0.4) is 0 Å². The Labute approximate surface area is 151 Å². The highest BCUT2D eigenvalue weighted by Crippen LogP contribution is 2.41. The fraction of sp³-hybridized carbons (Fsp3) is 0.667. The average molecular weight is 360 g/mol. The molecular weight excluding hydrogens is 336 g/mol. The molecule has 26 heavy (non-hydrogen) atoms. The number of H-pyrrole nitrogens is 1. The quantitative estimate of drug-likeness (QED) is 0.824. The highest BCUT2D eigenvalue weighted by atomic mass is 16.5. The van der Waals surface area contributed by atoms with Gasteiger partial charge in [0.1, 0.15) is 5.69 Å². The molecule has 0 saturated carbocycles. The summed E-state index contributed by atoms with van der Waals surface area (Å²) in [5, 5.41) is 0.